The monoisotopic (exact) mass is 406 g/mol. The maximum atomic E-state index is 5.37. The first kappa shape index (κ1) is 19.3. The fraction of sp³-hybridized carbons (Fsp3) is 0.286. The molecule has 0 radical (unpaired) electrons. The van der Waals surface area contributed by atoms with Crippen LogP contribution in [0.3, 0.4) is 0 Å². The van der Waals surface area contributed by atoms with E-state index in [0.717, 1.165) is 22.1 Å². The topological polar surface area (TPSA) is 82.5 Å². The van der Waals surface area contributed by atoms with Crippen LogP contribution in [0.15, 0.2) is 52.3 Å². The molecule has 0 aliphatic rings. The van der Waals surface area contributed by atoms with Crippen molar-refractivity contribution in [3.63, 3.8) is 0 Å². The molecule has 4 aromatic rings. The Kier molecular flexibility index (Phi) is 5.44. The zero-order chi connectivity index (χ0) is 20.4. The highest BCUT2D eigenvalue weighted by molar-refractivity contribution is 7.98. The van der Waals surface area contributed by atoms with E-state index in [0.29, 0.717) is 23.3 Å². The summed E-state index contributed by atoms with van der Waals surface area (Å²) in [5.41, 5.74) is 4.15. The molecule has 29 heavy (non-hydrogen) atoms. The van der Waals surface area contributed by atoms with Gasteiger partial charge in [0.2, 0.25) is 5.89 Å². The minimum Gasteiger partial charge on any atom is -0.338 e. The average Bonchev–Trinajstić information content (AvgIpc) is 3.34. The van der Waals surface area contributed by atoms with Crippen molar-refractivity contribution in [2.45, 2.75) is 44.5 Å². The van der Waals surface area contributed by atoms with E-state index in [1.807, 2.05) is 36.6 Å². The first-order valence-electron chi connectivity index (χ1n) is 9.42. The van der Waals surface area contributed by atoms with E-state index in [1.54, 1.807) is 6.20 Å². The van der Waals surface area contributed by atoms with Crippen LogP contribution in [0.1, 0.15) is 42.6 Å². The van der Waals surface area contributed by atoms with E-state index < -0.39 is 0 Å². The van der Waals surface area contributed by atoms with Gasteiger partial charge in [-0.1, -0.05) is 54.5 Å². The van der Waals surface area contributed by atoms with Crippen LogP contribution in [-0.4, -0.2) is 29.9 Å². The van der Waals surface area contributed by atoms with E-state index in [1.165, 1.54) is 17.3 Å². The Balaban J connectivity index is 1.72. The predicted molar refractivity (Wildman–Crippen MR) is 112 cm³/mol. The van der Waals surface area contributed by atoms with Crippen LogP contribution in [0.2, 0.25) is 0 Å². The number of aryl methyl sites for hydroxylation is 2. The molecule has 0 saturated carbocycles. The van der Waals surface area contributed by atoms with E-state index in [2.05, 4.69) is 57.4 Å². The highest BCUT2D eigenvalue weighted by Crippen LogP contribution is 2.30. The molecule has 0 amide bonds. The minimum absolute atomic E-state index is 0.229. The summed E-state index contributed by atoms with van der Waals surface area (Å²) >= 11 is 1.51. The van der Waals surface area contributed by atoms with E-state index in [-0.39, 0.29) is 5.92 Å². The van der Waals surface area contributed by atoms with Gasteiger partial charge in [0.1, 0.15) is 5.69 Å². The molecule has 0 atom stereocenters. The molecular weight excluding hydrogens is 384 g/mol. The normalized spacial score (nSPS) is 11.3. The Hall–Kier alpha value is -3.00. The largest absolute Gasteiger partial charge is 0.338 e. The van der Waals surface area contributed by atoms with Crippen molar-refractivity contribution in [2.75, 3.05) is 0 Å². The van der Waals surface area contributed by atoms with Crippen molar-refractivity contribution in [2.24, 2.45) is 0 Å². The van der Waals surface area contributed by atoms with Crippen molar-refractivity contribution < 1.29 is 4.52 Å². The molecule has 7 nitrogen and oxygen atoms in total. The van der Waals surface area contributed by atoms with Crippen molar-refractivity contribution in [1.82, 2.24) is 29.9 Å². The first-order chi connectivity index (χ1) is 14.0. The lowest BCUT2D eigenvalue weighted by Gasteiger charge is -2.13. The standard InChI is InChI=1S/C21H22N6OS/c1-13(2)19-23-18(28-26-19)12-29-21-25-24-20(16-7-5-6-10-22-16)27(21)17-9-8-14(3)11-15(17)4/h5-11,13H,12H2,1-4H3. The SMILES string of the molecule is Cc1ccc(-n2c(SCc3nc(C(C)C)no3)nnc2-c2ccccn2)c(C)c1. The molecule has 0 unspecified atom stereocenters. The van der Waals surface area contributed by atoms with Crippen molar-refractivity contribution in [3.8, 4) is 17.2 Å². The summed E-state index contributed by atoms with van der Waals surface area (Å²) in [5, 5.41) is 13.7. The predicted octanol–water partition coefficient (Wildman–Crippen LogP) is 4.74. The molecule has 148 valence electrons. The van der Waals surface area contributed by atoms with Crippen molar-refractivity contribution in [1.29, 1.82) is 0 Å². The third kappa shape index (κ3) is 4.07. The fourth-order valence-electron chi connectivity index (χ4n) is 2.99. The molecule has 0 fully saturated rings. The molecule has 4 rings (SSSR count). The molecule has 0 aliphatic carbocycles. The summed E-state index contributed by atoms with van der Waals surface area (Å²) in [6.45, 7) is 8.25. The molecule has 1 aromatic carbocycles. The lowest BCUT2D eigenvalue weighted by molar-refractivity contribution is 0.382. The van der Waals surface area contributed by atoms with Crippen LogP contribution in [-0.2, 0) is 5.75 Å². The van der Waals surface area contributed by atoms with Gasteiger partial charge in [-0.15, -0.1) is 10.2 Å². The molecule has 8 heteroatoms. The van der Waals surface area contributed by atoms with Gasteiger partial charge in [-0.05, 0) is 37.6 Å². The minimum atomic E-state index is 0.229. The number of hydrogen-bond acceptors (Lipinski definition) is 7. The van der Waals surface area contributed by atoms with Crippen LogP contribution in [0, 0.1) is 13.8 Å². The second-order valence-electron chi connectivity index (χ2n) is 7.14. The van der Waals surface area contributed by atoms with Crippen LogP contribution < -0.4 is 0 Å². The van der Waals surface area contributed by atoms with Gasteiger partial charge >= 0.3 is 0 Å². The first-order valence-corrected chi connectivity index (χ1v) is 10.4. The average molecular weight is 407 g/mol. The third-order valence-corrected chi connectivity index (χ3v) is 5.36. The third-order valence-electron chi connectivity index (χ3n) is 4.45. The maximum absolute atomic E-state index is 5.37. The van der Waals surface area contributed by atoms with Crippen LogP contribution in [0.25, 0.3) is 17.2 Å². The van der Waals surface area contributed by atoms with Gasteiger partial charge in [0.05, 0.1) is 11.4 Å². The number of nitrogens with zero attached hydrogens (tertiary/aromatic N) is 6. The van der Waals surface area contributed by atoms with Crippen LogP contribution >= 0.6 is 11.8 Å². The molecular formula is C21H22N6OS. The van der Waals surface area contributed by atoms with Crippen LogP contribution in [0.4, 0.5) is 0 Å². The molecule has 0 aliphatic heterocycles. The highest BCUT2D eigenvalue weighted by Gasteiger charge is 2.19. The van der Waals surface area contributed by atoms with Gasteiger partial charge in [-0.2, -0.15) is 4.98 Å². The Labute approximate surface area is 173 Å². The Bertz CT molecular complexity index is 1120. The number of thioether (sulfide) groups is 1. The number of benzene rings is 1. The summed E-state index contributed by atoms with van der Waals surface area (Å²) in [5.74, 6) is 2.74. The smallest absolute Gasteiger partial charge is 0.237 e. The van der Waals surface area contributed by atoms with Gasteiger partial charge < -0.3 is 4.52 Å². The lowest BCUT2D eigenvalue weighted by atomic mass is 10.1. The number of aromatic nitrogens is 6. The van der Waals surface area contributed by atoms with Gasteiger partial charge in [0, 0.05) is 12.1 Å². The van der Waals surface area contributed by atoms with E-state index >= 15 is 0 Å². The van der Waals surface area contributed by atoms with Crippen LogP contribution in [0.5, 0.6) is 0 Å². The molecule has 0 N–H and O–H groups in total. The number of hydrogen-bond donors (Lipinski definition) is 0. The molecule has 0 spiro atoms. The summed E-state index contributed by atoms with van der Waals surface area (Å²) in [4.78, 5) is 8.92. The zero-order valence-electron chi connectivity index (χ0n) is 16.8. The van der Waals surface area contributed by atoms with Gasteiger partial charge in [-0.25, -0.2) is 0 Å². The maximum Gasteiger partial charge on any atom is 0.237 e. The Morgan fingerprint density at radius 2 is 1.97 bits per heavy atom. The molecule has 3 aromatic heterocycles. The summed E-state index contributed by atoms with van der Waals surface area (Å²) in [7, 11) is 0. The summed E-state index contributed by atoms with van der Waals surface area (Å²) in [6.07, 6.45) is 1.76. The fourth-order valence-corrected chi connectivity index (χ4v) is 3.77. The second kappa shape index (κ2) is 8.16. The van der Waals surface area contributed by atoms with E-state index in [9.17, 15) is 0 Å². The number of pyridine rings is 1. The molecule has 0 bridgehead atoms. The lowest BCUT2D eigenvalue weighted by Crippen LogP contribution is -2.03. The summed E-state index contributed by atoms with van der Waals surface area (Å²) in [6, 6.07) is 12.1. The number of rotatable bonds is 6. The van der Waals surface area contributed by atoms with Gasteiger partial charge in [-0.3, -0.25) is 9.55 Å². The molecule has 3 heterocycles. The Morgan fingerprint density at radius 3 is 2.66 bits per heavy atom. The Morgan fingerprint density at radius 1 is 1.10 bits per heavy atom. The quantitative estimate of drug-likeness (QED) is 0.428. The second-order valence-corrected chi connectivity index (χ2v) is 8.08. The van der Waals surface area contributed by atoms with Gasteiger partial charge in [0.25, 0.3) is 0 Å². The zero-order valence-corrected chi connectivity index (χ0v) is 17.6. The van der Waals surface area contributed by atoms with E-state index in [4.69, 9.17) is 4.52 Å². The van der Waals surface area contributed by atoms with Gasteiger partial charge in [0.15, 0.2) is 16.8 Å². The van der Waals surface area contributed by atoms with Crippen molar-refractivity contribution >= 4 is 11.8 Å². The summed E-state index contributed by atoms with van der Waals surface area (Å²) < 4.78 is 7.42. The highest BCUT2D eigenvalue weighted by atomic mass is 32.2. The molecule has 0 saturated heterocycles. The van der Waals surface area contributed by atoms with Crippen molar-refractivity contribution in [3.05, 3.63) is 65.4 Å².